The molecular formula is C13H14Br2N2OS. The van der Waals surface area contributed by atoms with Crippen molar-refractivity contribution >= 4 is 43.2 Å². The van der Waals surface area contributed by atoms with Crippen LogP contribution in [0.2, 0.25) is 0 Å². The maximum Gasteiger partial charge on any atom is 0.133 e. The molecule has 0 spiro atoms. The zero-order chi connectivity index (χ0) is 13.8. The quantitative estimate of drug-likeness (QED) is 0.583. The lowest BCUT2D eigenvalue weighted by Crippen LogP contribution is -2.29. The first-order valence-corrected chi connectivity index (χ1v) is 8.13. The summed E-state index contributed by atoms with van der Waals surface area (Å²) in [6, 6.07) is 8.19. The maximum absolute atomic E-state index is 5.67. The summed E-state index contributed by atoms with van der Waals surface area (Å²) in [4.78, 5) is 1.20. The van der Waals surface area contributed by atoms with Gasteiger partial charge in [-0.15, -0.1) is 11.3 Å². The van der Waals surface area contributed by atoms with Crippen LogP contribution in [0.1, 0.15) is 16.5 Å². The van der Waals surface area contributed by atoms with Crippen LogP contribution >= 0.6 is 43.2 Å². The van der Waals surface area contributed by atoms with Gasteiger partial charge in [0.15, 0.2) is 0 Å². The SMILES string of the molecule is COc1ccc(CC(NN)c2sccc2Br)cc1Br. The van der Waals surface area contributed by atoms with Crippen molar-refractivity contribution in [1.82, 2.24) is 5.43 Å². The standard InChI is InChI=1S/C13H14Br2N2OS/c1-18-12-3-2-8(6-10(12)15)7-11(17-16)13-9(14)4-5-19-13/h2-6,11,17H,7,16H2,1H3. The summed E-state index contributed by atoms with van der Waals surface area (Å²) in [6.07, 6.45) is 0.818. The lowest BCUT2D eigenvalue weighted by atomic mass is 10.1. The molecule has 0 aliphatic heterocycles. The fraction of sp³-hybridized carbons (Fsp3) is 0.231. The zero-order valence-electron chi connectivity index (χ0n) is 10.3. The van der Waals surface area contributed by atoms with Crippen molar-refractivity contribution in [3.63, 3.8) is 0 Å². The van der Waals surface area contributed by atoms with Gasteiger partial charge in [0.05, 0.1) is 17.6 Å². The summed E-state index contributed by atoms with van der Waals surface area (Å²) >= 11 is 8.73. The van der Waals surface area contributed by atoms with Crippen LogP contribution in [-0.4, -0.2) is 7.11 Å². The zero-order valence-corrected chi connectivity index (χ0v) is 14.3. The van der Waals surface area contributed by atoms with Crippen molar-refractivity contribution in [2.45, 2.75) is 12.5 Å². The highest BCUT2D eigenvalue weighted by atomic mass is 79.9. The van der Waals surface area contributed by atoms with Gasteiger partial charge in [0.1, 0.15) is 5.75 Å². The Morgan fingerprint density at radius 3 is 2.63 bits per heavy atom. The molecule has 6 heteroatoms. The van der Waals surface area contributed by atoms with Crippen molar-refractivity contribution in [1.29, 1.82) is 0 Å². The first-order chi connectivity index (χ1) is 9.15. The molecule has 1 unspecified atom stereocenters. The van der Waals surface area contributed by atoms with E-state index in [1.807, 2.05) is 17.5 Å². The minimum atomic E-state index is 0.0923. The minimum Gasteiger partial charge on any atom is -0.496 e. The van der Waals surface area contributed by atoms with Gasteiger partial charge >= 0.3 is 0 Å². The van der Waals surface area contributed by atoms with Crippen LogP contribution in [0.5, 0.6) is 5.75 Å². The van der Waals surface area contributed by atoms with Crippen molar-refractivity contribution < 1.29 is 4.74 Å². The van der Waals surface area contributed by atoms with Crippen LogP contribution in [0.15, 0.2) is 38.6 Å². The summed E-state index contributed by atoms with van der Waals surface area (Å²) in [5.74, 6) is 6.51. The van der Waals surface area contributed by atoms with Gasteiger partial charge in [0.25, 0.3) is 0 Å². The smallest absolute Gasteiger partial charge is 0.133 e. The Hall–Kier alpha value is -0.400. The van der Waals surface area contributed by atoms with Crippen LogP contribution in [0.25, 0.3) is 0 Å². The second kappa shape index (κ2) is 6.85. The molecule has 3 nitrogen and oxygen atoms in total. The van der Waals surface area contributed by atoms with E-state index >= 15 is 0 Å². The van der Waals surface area contributed by atoms with Crippen LogP contribution in [0.4, 0.5) is 0 Å². The lowest BCUT2D eigenvalue weighted by Gasteiger charge is -2.16. The van der Waals surface area contributed by atoms with Crippen molar-refractivity contribution in [2.24, 2.45) is 5.84 Å². The normalized spacial score (nSPS) is 12.4. The molecule has 0 bridgehead atoms. The first kappa shape index (κ1) is 15.0. The lowest BCUT2D eigenvalue weighted by molar-refractivity contribution is 0.412. The first-order valence-electron chi connectivity index (χ1n) is 5.67. The second-order valence-corrected chi connectivity index (χ2v) is 6.68. The van der Waals surface area contributed by atoms with Gasteiger partial charge < -0.3 is 4.74 Å². The van der Waals surface area contributed by atoms with Gasteiger partial charge in [-0.25, -0.2) is 0 Å². The molecule has 1 aromatic heterocycles. The van der Waals surface area contributed by atoms with Gasteiger partial charge in [0, 0.05) is 9.35 Å². The molecule has 1 aromatic carbocycles. The van der Waals surface area contributed by atoms with Crippen LogP contribution in [-0.2, 0) is 6.42 Å². The number of rotatable bonds is 5. The number of nitrogens with one attached hydrogen (secondary N) is 1. The number of hydrogen-bond donors (Lipinski definition) is 2. The highest BCUT2D eigenvalue weighted by Gasteiger charge is 2.15. The van der Waals surface area contributed by atoms with E-state index in [9.17, 15) is 0 Å². The Morgan fingerprint density at radius 1 is 1.32 bits per heavy atom. The number of ether oxygens (including phenoxy) is 1. The summed E-state index contributed by atoms with van der Waals surface area (Å²) in [5.41, 5.74) is 4.07. The van der Waals surface area contributed by atoms with Gasteiger partial charge in [0.2, 0.25) is 0 Å². The van der Waals surface area contributed by atoms with Crippen LogP contribution in [0, 0.1) is 0 Å². The summed E-state index contributed by atoms with van der Waals surface area (Å²) in [6.45, 7) is 0. The molecule has 2 rings (SSSR count). The Bertz CT molecular complexity index is 559. The molecule has 0 aliphatic rings. The van der Waals surface area contributed by atoms with E-state index < -0.39 is 0 Å². The van der Waals surface area contributed by atoms with E-state index in [4.69, 9.17) is 10.6 Å². The molecule has 0 saturated carbocycles. The van der Waals surface area contributed by atoms with Gasteiger partial charge in [-0.1, -0.05) is 6.07 Å². The Balaban J connectivity index is 2.19. The van der Waals surface area contributed by atoms with Crippen molar-refractivity contribution in [3.8, 4) is 5.75 Å². The number of hydrazine groups is 1. The van der Waals surface area contributed by atoms with E-state index in [0.29, 0.717) is 0 Å². The fourth-order valence-corrected chi connectivity index (χ4v) is 4.15. The van der Waals surface area contributed by atoms with Crippen molar-refractivity contribution in [3.05, 3.63) is 49.0 Å². The number of methoxy groups -OCH3 is 1. The Labute approximate surface area is 133 Å². The number of nitrogens with two attached hydrogens (primary N) is 1. The van der Waals surface area contributed by atoms with E-state index in [2.05, 4.69) is 49.4 Å². The summed E-state index contributed by atoms with van der Waals surface area (Å²) in [5, 5.41) is 2.05. The molecular weight excluding hydrogens is 392 g/mol. The molecule has 102 valence electrons. The van der Waals surface area contributed by atoms with Gasteiger partial charge in [-0.3, -0.25) is 11.3 Å². The predicted molar refractivity (Wildman–Crippen MR) is 86.5 cm³/mol. The largest absolute Gasteiger partial charge is 0.496 e. The molecule has 3 N–H and O–H groups in total. The highest BCUT2D eigenvalue weighted by Crippen LogP contribution is 2.32. The predicted octanol–water partition coefficient (Wildman–Crippen LogP) is 4.03. The second-order valence-electron chi connectivity index (χ2n) is 4.03. The molecule has 0 saturated heterocycles. The number of benzene rings is 1. The summed E-state index contributed by atoms with van der Waals surface area (Å²) < 4.78 is 7.27. The minimum absolute atomic E-state index is 0.0923. The average Bonchev–Trinajstić information content (AvgIpc) is 2.82. The molecule has 0 fully saturated rings. The van der Waals surface area contributed by atoms with Gasteiger partial charge in [-0.05, 0) is 67.4 Å². The van der Waals surface area contributed by atoms with Crippen molar-refractivity contribution in [2.75, 3.05) is 7.11 Å². The molecule has 1 atom stereocenters. The van der Waals surface area contributed by atoms with Crippen LogP contribution < -0.4 is 16.0 Å². The van der Waals surface area contributed by atoms with E-state index in [1.54, 1.807) is 18.4 Å². The molecule has 2 aromatic rings. The Morgan fingerprint density at radius 2 is 2.11 bits per heavy atom. The molecule has 0 amide bonds. The van der Waals surface area contributed by atoms with E-state index in [1.165, 1.54) is 10.4 Å². The third kappa shape index (κ3) is 3.58. The van der Waals surface area contributed by atoms with Gasteiger partial charge in [-0.2, -0.15) is 0 Å². The highest BCUT2D eigenvalue weighted by molar-refractivity contribution is 9.10. The van der Waals surface area contributed by atoms with Crippen LogP contribution in [0.3, 0.4) is 0 Å². The maximum atomic E-state index is 5.67. The average molecular weight is 406 g/mol. The molecule has 1 heterocycles. The molecule has 0 aliphatic carbocycles. The third-order valence-corrected chi connectivity index (χ3v) is 5.42. The van der Waals surface area contributed by atoms with E-state index in [-0.39, 0.29) is 6.04 Å². The third-order valence-electron chi connectivity index (χ3n) is 2.82. The monoisotopic (exact) mass is 404 g/mol. The van der Waals surface area contributed by atoms with E-state index in [0.717, 1.165) is 21.1 Å². The summed E-state index contributed by atoms with van der Waals surface area (Å²) in [7, 11) is 1.66. The number of halogens is 2. The molecule has 0 radical (unpaired) electrons. The topological polar surface area (TPSA) is 47.3 Å². The Kier molecular flexibility index (Phi) is 5.41. The number of hydrogen-bond acceptors (Lipinski definition) is 4. The number of thiophene rings is 1. The fourth-order valence-electron chi connectivity index (χ4n) is 1.85. The molecule has 19 heavy (non-hydrogen) atoms.